The predicted octanol–water partition coefficient (Wildman–Crippen LogP) is 1.79. The summed E-state index contributed by atoms with van der Waals surface area (Å²) in [6.45, 7) is 7.05. The highest BCUT2D eigenvalue weighted by atomic mass is 16.3. The molecule has 7 nitrogen and oxygen atoms in total. The summed E-state index contributed by atoms with van der Waals surface area (Å²) in [4.78, 5) is 23.8. The van der Waals surface area contributed by atoms with Crippen LogP contribution in [-0.2, 0) is 20.1 Å². The molecule has 0 amide bonds. The van der Waals surface area contributed by atoms with Gasteiger partial charge in [-0.1, -0.05) is 12.5 Å². The highest BCUT2D eigenvalue weighted by Crippen LogP contribution is 2.20. The van der Waals surface area contributed by atoms with E-state index in [2.05, 4.69) is 19.7 Å². The third-order valence-corrected chi connectivity index (χ3v) is 6.19. The Labute approximate surface area is 172 Å². The van der Waals surface area contributed by atoms with E-state index in [9.17, 15) is 9.90 Å². The molecule has 4 rings (SSSR count). The van der Waals surface area contributed by atoms with E-state index in [1.165, 1.54) is 19.3 Å². The fraction of sp³-hybridized carbons (Fsp3) is 0.545. The van der Waals surface area contributed by atoms with Crippen LogP contribution in [0.25, 0.3) is 0 Å². The van der Waals surface area contributed by atoms with E-state index < -0.39 is 0 Å². The lowest BCUT2D eigenvalue weighted by Crippen LogP contribution is -2.46. The van der Waals surface area contributed by atoms with Gasteiger partial charge in [-0.3, -0.25) is 14.6 Å². The second kappa shape index (κ2) is 8.97. The van der Waals surface area contributed by atoms with Crippen molar-refractivity contribution in [3.8, 4) is 5.75 Å². The molecule has 2 fully saturated rings. The number of hydrogen-bond acceptors (Lipinski definition) is 6. The number of piperazine rings is 1. The lowest BCUT2D eigenvalue weighted by atomic mass is 10.1. The molecular formula is C22H31N5O2. The molecule has 156 valence electrons. The van der Waals surface area contributed by atoms with Crippen LogP contribution in [0.15, 0.2) is 35.3 Å². The lowest BCUT2D eigenvalue weighted by Gasteiger charge is -2.36. The first-order chi connectivity index (χ1) is 14.1. The second-order valence-corrected chi connectivity index (χ2v) is 8.14. The molecule has 2 saturated heterocycles. The van der Waals surface area contributed by atoms with Gasteiger partial charge in [0.25, 0.3) is 0 Å². The molecule has 0 unspecified atom stereocenters. The van der Waals surface area contributed by atoms with Crippen molar-refractivity contribution in [2.45, 2.75) is 32.4 Å². The number of rotatable bonds is 5. The third-order valence-electron chi connectivity index (χ3n) is 6.19. The van der Waals surface area contributed by atoms with Crippen LogP contribution in [0.3, 0.4) is 0 Å². The molecule has 0 radical (unpaired) electrons. The Morgan fingerprint density at radius 3 is 2.38 bits per heavy atom. The van der Waals surface area contributed by atoms with Crippen LogP contribution in [-0.4, -0.2) is 63.7 Å². The van der Waals surface area contributed by atoms with Crippen molar-refractivity contribution in [1.82, 2.24) is 19.4 Å². The first-order valence-electron chi connectivity index (χ1n) is 10.6. The average Bonchev–Trinajstić information content (AvgIpc) is 2.77. The average molecular weight is 398 g/mol. The highest BCUT2D eigenvalue weighted by molar-refractivity contribution is 5.38. The molecule has 0 aromatic carbocycles. The Hall–Kier alpha value is -2.38. The summed E-state index contributed by atoms with van der Waals surface area (Å²) in [6, 6.07) is 7.58. The van der Waals surface area contributed by atoms with Crippen molar-refractivity contribution in [1.29, 1.82) is 0 Å². The predicted molar refractivity (Wildman–Crippen MR) is 114 cm³/mol. The maximum atomic E-state index is 12.4. The molecule has 2 aromatic heterocycles. The van der Waals surface area contributed by atoms with Crippen molar-refractivity contribution >= 4 is 5.82 Å². The van der Waals surface area contributed by atoms with Crippen LogP contribution in [0, 0.1) is 0 Å². The number of hydrogen-bond donors (Lipinski definition) is 1. The second-order valence-electron chi connectivity index (χ2n) is 8.14. The van der Waals surface area contributed by atoms with Crippen molar-refractivity contribution in [3.63, 3.8) is 0 Å². The summed E-state index contributed by atoms with van der Waals surface area (Å²) in [6.07, 6.45) is 5.56. The summed E-state index contributed by atoms with van der Waals surface area (Å²) in [5.74, 6) is 0.896. The quantitative estimate of drug-likeness (QED) is 0.830. The molecule has 29 heavy (non-hydrogen) atoms. The molecule has 0 bridgehead atoms. The van der Waals surface area contributed by atoms with Crippen molar-refractivity contribution < 1.29 is 5.11 Å². The molecule has 7 heteroatoms. The van der Waals surface area contributed by atoms with E-state index in [0.717, 1.165) is 63.0 Å². The minimum Gasteiger partial charge on any atom is -0.503 e. The van der Waals surface area contributed by atoms with Gasteiger partial charge in [0, 0.05) is 64.3 Å². The van der Waals surface area contributed by atoms with Crippen LogP contribution in [0.1, 0.15) is 30.7 Å². The lowest BCUT2D eigenvalue weighted by molar-refractivity contribution is 0.212. The molecule has 2 aromatic rings. The number of pyridine rings is 2. The van der Waals surface area contributed by atoms with Gasteiger partial charge in [0.15, 0.2) is 5.75 Å². The van der Waals surface area contributed by atoms with Crippen LogP contribution >= 0.6 is 0 Å². The van der Waals surface area contributed by atoms with Gasteiger partial charge in [0.05, 0.1) is 5.69 Å². The number of aromatic nitrogens is 2. The van der Waals surface area contributed by atoms with Crippen LogP contribution < -0.4 is 10.3 Å². The fourth-order valence-electron chi connectivity index (χ4n) is 4.36. The van der Waals surface area contributed by atoms with Gasteiger partial charge in [-0.2, -0.15) is 0 Å². The number of likely N-dealkylation sites (tertiary alicyclic amines) is 1. The summed E-state index contributed by atoms with van der Waals surface area (Å²) in [5, 5.41) is 10.5. The Bertz CT molecular complexity index is 869. The van der Waals surface area contributed by atoms with Gasteiger partial charge in [-0.05, 0) is 38.1 Å². The van der Waals surface area contributed by atoms with E-state index in [0.29, 0.717) is 6.54 Å². The Balaban J connectivity index is 1.45. The monoisotopic (exact) mass is 397 g/mol. The Morgan fingerprint density at radius 2 is 1.69 bits per heavy atom. The van der Waals surface area contributed by atoms with Gasteiger partial charge in [0.2, 0.25) is 5.43 Å². The molecule has 1 N–H and O–H groups in total. The molecule has 2 aliphatic heterocycles. The van der Waals surface area contributed by atoms with Gasteiger partial charge in [0.1, 0.15) is 5.82 Å². The topological polar surface area (TPSA) is 64.8 Å². The Kier molecular flexibility index (Phi) is 6.16. The van der Waals surface area contributed by atoms with E-state index >= 15 is 0 Å². The first kappa shape index (κ1) is 19.9. The van der Waals surface area contributed by atoms with Gasteiger partial charge < -0.3 is 14.6 Å². The minimum absolute atomic E-state index is 0.109. The van der Waals surface area contributed by atoms with E-state index in [1.807, 2.05) is 36.0 Å². The summed E-state index contributed by atoms with van der Waals surface area (Å²) in [7, 11) is 1.97. The number of nitrogens with zero attached hydrogens (tertiary/aromatic N) is 5. The van der Waals surface area contributed by atoms with E-state index in [-0.39, 0.29) is 11.2 Å². The maximum Gasteiger partial charge on any atom is 0.223 e. The largest absolute Gasteiger partial charge is 0.503 e. The van der Waals surface area contributed by atoms with Crippen molar-refractivity contribution in [2.75, 3.05) is 44.2 Å². The molecule has 2 aliphatic rings. The standard InChI is InChI=1S/C22H31N5O2/c1-24-18(16-25-9-5-2-6-10-25)15-20(28)22(29)19(24)17-26-11-13-27(14-12-26)21-7-3-4-8-23-21/h3-4,7-8,15,29H,2,5-6,9-14,16-17H2,1H3. The number of aromatic hydroxyl groups is 1. The maximum absolute atomic E-state index is 12.4. The molecule has 4 heterocycles. The smallest absolute Gasteiger partial charge is 0.223 e. The molecular weight excluding hydrogens is 366 g/mol. The van der Waals surface area contributed by atoms with Gasteiger partial charge >= 0.3 is 0 Å². The molecule has 0 atom stereocenters. The minimum atomic E-state index is -0.266. The van der Waals surface area contributed by atoms with Crippen molar-refractivity contribution in [2.24, 2.45) is 7.05 Å². The summed E-state index contributed by atoms with van der Waals surface area (Å²) < 4.78 is 2.02. The summed E-state index contributed by atoms with van der Waals surface area (Å²) >= 11 is 0. The van der Waals surface area contributed by atoms with Crippen LogP contribution in [0.2, 0.25) is 0 Å². The highest BCUT2D eigenvalue weighted by Gasteiger charge is 2.22. The van der Waals surface area contributed by atoms with Gasteiger partial charge in [-0.15, -0.1) is 0 Å². The zero-order valence-electron chi connectivity index (χ0n) is 17.3. The fourth-order valence-corrected chi connectivity index (χ4v) is 4.36. The van der Waals surface area contributed by atoms with E-state index in [1.54, 1.807) is 6.07 Å². The van der Waals surface area contributed by atoms with Gasteiger partial charge in [-0.25, -0.2) is 4.98 Å². The summed E-state index contributed by atoms with van der Waals surface area (Å²) in [5.41, 5.74) is 1.44. The molecule has 0 saturated carbocycles. The normalized spacial score (nSPS) is 18.9. The zero-order chi connectivity index (χ0) is 20.2. The molecule has 0 spiro atoms. The first-order valence-corrected chi connectivity index (χ1v) is 10.6. The van der Waals surface area contributed by atoms with Crippen LogP contribution in [0.4, 0.5) is 5.82 Å². The molecule has 0 aliphatic carbocycles. The SMILES string of the molecule is Cn1c(CN2CCCCC2)cc(=O)c(O)c1CN1CCN(c2ccccn2)CC1. The number of anilines is 1. The van der Waals surface area contributed by atoms with Crippen molar-refractivity contribution in [3.05, 3.63) is 52.1 Å². The zero-order valence-corrected chi connectivity index (χ0v) is 17.3. The van der Waals surface area contributed by atoms with E-state index in [4.69, 9.17) is 0 Å². The van der Waals surface area contributed by atoms with Crippen LogP contribution in [0.5, 0.6) is 5.75 Å². The third kappa shape index (κ3) is 4.62. The number of piperidine rings is 1. The Morgan fingerprint density at radius 1 is 0.966 bits per heavy atom.